The number of amides is 1. The van der Waals surface area contributed by atoms with Gasteiger partial charge in [-0.05, 0) is 70.2 Å². The van der Waals surface area contributed by atoms with E-state index in [4.69, 9.17) is 4.98 Å². The van der Waals surface area contributed by atoms with Gasteiger partial charge in [0, 0.05) is 17.8 Å². The number of benzene rings is 2. The van der Waals surface area contributed by atoms with Gasteiger partial charge in [0.25, 0.3) is 5.56 Å². The highest BCUT2D eigenvalue weighted by molar-refractivity contribution is 8.00. The normalized spacial score (nSPS) is 14.5. The number of fused-ring (bicyclic) bond motifs is 1. The minimum Gasteiger partial charge on any atom is -0.325 e. The molecule has 0 spiro atoms. The van der Waals surface area contributed by atoms with Crippen LogP contribution in [0.15, 0.2) is 70.1 Å². The molecule has 0 fully saturated rings. The van der Waals surface area contributed by atoms with Crippen LogP contribution in [0, 0.1) is 0 Å². The van der Waals surface area contributed by atoms with Crippen molar-refractivity contribution in [2.24, 2.45) is 0 Å². The maximum Gasteiger partial charge on any atom is 0.262 e. The summed E-state index contributed by atoms with van der Waals surface area (Å²) in [7, 11) is 0. The Morgan fingerprint density at radius 2 is 1.97 bits per heavy atom. The maximum atomic E-state index is 13.3. The van der Waals surface area contributed by atoms with E-state index in [1.54, 1.807) is 41.8 Å². The van der Waals surface area contributed by atoms with Crippen LogP contribution in [0.3, 0.4) is 0 Å². The van der Waals surface area contributed by atoms with Gasteiger partial charge in [0.1, 0.15) is 0 Å². The van der Waals surface area contributed by atoms with Gasteiger partial charge >= 0.3 is 0 Å². The van der Waals surface area contributed by atoms with Crippen molar-refractivity contribution < 1.29 is 9.59 Å². The molecule has 7 heteroatoms. The lowest BCUT2D eigenvalue weighted by atomic mass is 9.97. The SMILES string of the molecule is CC(=O)c1cccc(NC(=O)C(C)Sc2nc3ccccc3c(=O)n2CCC2=CCCCC2)c1. The second-order valence-electron chi connectivity index (χ2n) is 8.61. The highest BCUT2D eigenvalue weighted by Gasteiger charge is 2.20. The van der Waals surface area contributed by atoms with Crippen LogP contribution in [-0.2, 0) is 11.3 Å². The summed E-state index contributed by atoms with van der Waals surface area (Å²) in [6.45, 7) is 3.83. The van der Waals surface area contributed by atoms with Gasteiger partial charge in [-0.3, -0.25) is 19.0 Å². The second kappa shape index (κ2) is 10.8. The number of nitrogens with one attached hydrogen (secondary N) is 1. The van der Waals surface area contributed by atoms with Gasteiger partial charge in [-0.1, -0.05) is 47.7 Å². The molecule has 0 bridgehead atoms. The number of ketones is 1. The fraction of sp³-hybridized carbons (Fsp3) is 0.333. The summed E-state index contributed by atoms with van der Waals surface area (Å²) < 4.78 is 1.71. The number of carbonyl (C=O) groups excluding carboxylic acids is 2. The van der Waals surface area contributed by atoms with Crippen molar-refractivity contribution in [3.05, 3.63) is 76.1 Å². The number of aromatic nitrogens is 2. The van der Waals surface area contributed by atoms with E-state index in [-0.39, 0.29) is 17.2 Å². The van der Waals surface area contributed by atoms with Crippen molar-refractivity contribution in [1.29, 1.82) is 0 Å². The zero-order valence-corrected chi connectivity index (χ0v) is 20.4. The van der Waals surface area contributed by atoms with Gasteiger partial charge in [0.15, 0.2) is 10.9 Å². The molecule has 1 amide bonds. The van der Waals surface area contributed by atoms with Crippen molar-refractivity contribution in [3.8, 4) is 0 Å². The third-order valence-electron chi connectivity index (χ3n) is 6.06. The summed E-state index contributed by atoms with van der Waals surface area (Å²) in [5.74, 6) is -0.273. The molecule has 0 radical (unpaired) electrons. The molecule has 6 nitrogen and oxygen atoms in total. The lowest BCUT2D eigenvalue weighted by molar-refractivity contribution is -0.115. The van der Waals surface area contributed by atoms with Crippen LogP contribution in [0.25, 0.3) is 10.9 Å². The number of nitrogens with zero attached hydrogens (tertiary/aromatic N) is 2. The van der Waals surface area contributed by atoms with E-state index in [0.717, 1.165) is 19.3 Å². The van der Waals surface area contributed by atoms with E-state index in [2.05, 4.69) is 11.4 Å². The number of hydrogen-bond donors (Lipinski definition) is 1. The molecule has 1 heterocycles. The monoisotopic (exact) mass is 475 g/mol. The van der Waals surface area contributed by atoms with Crippen LogP contribution in [0.5, 0.6) is 0 Å². The Balaban J connectivity index is 1.57. The minimum absolute atomic E-state index is 0.0593. The molecule has 1 unspecified atom stereocenters. The van der Waals surface area contributed by atoms with Gasteiger partial charge in [-0.2, -0.15) is 0 Å². The lowest BCUT2D eigenvalue weighted by Gasteiger charge is -2.18. The lowest BCUT2D eigenvalue weighted by Crippen LogP contribution is -2.27. The largest absolute Gasteiger partial charge is 0.325 e. The Bertz CT molecular complexity index is 1310. The van der Waals surface area contributed by atoms with Crippen LogP contribution in [0.1, 0.15) is 56.3 Å². The van der Waals surface area contributed by atoms with Gasteiger partial charge in [-0.25, -0.2) is 4.98 Å². The molecule has 1 aliphatic carbocycles. The van der Waals surface area contributed by atoms with Crippen molar-refractivity contribution in [3.63, 3.8) is 0 Å². The van der Waals surface area contributed by atoms with Crippen molar-refractivity contribution in [2.75, 3.05) is 5.32 Å². The fourth-order valence-electron chi connectivity index (χ4n) is 4.09. The molecule has 1 aromatic heterocycles. The molecule has 2 aromatic carbocycles. The zero-order chi connectivity index (χ0) is 24.1. The number of anilines is 1. The van der Waals surface area contributed by atoms with Crippen molar-refractivity contribution in [2.45, 2.75) is 62.9 Å². The van der Waals surface area contributed by atoms with Gasteiger partial charge < -0.3 is 5.32 Å². The number of rotatable bonds is 8. The maximum absolute atomic E-state index is 13.3. The first kappa shape index (κ1) is 24.0. The van der Waals surface area contributed by atoms with E-state index in [1.165, 1.54) is 37.1 Å². The third kappa shape index (κ3) is 5.65. The highest BCUT2D eigenvalue weighted by atomic mass is 32.2. The summed E-state index contributed by atoms with van der Waals surface area (Å²) in [6.07, 6.45) is 7.71. The van der Waals surface area contributed by atoms with Gasteiger partial charge in [-0.15, -0.1) is 0 Å². The molecule has 0 aliphatic heterocycles. The molecule has 34 heavy (non-hydrogen) atoms. The number of carbonyl (C=O) groups is 2. The number of allylic oxidation sites excluding steroid dienone is 2. The molecule has 4 rings (SSSR count). The number of para-hydroxylation sites is 1. The van der Waals surface area contributed by atoms with Crippen LogP contribution in [0.4, 0.5) is 5.69 Å². The van der Waals surface area contributed by atoms with Gasteiger partial charge in [0.2, 0.25) is 5.91 Å². The summed E-state index contributed by atoms with van der Waals surface area (Å²) in [5.41, 5.74) is 3.05. The van der Waals surface area contributed by atoms with Crippen molar-refractivity contribution >= 4 is 40.0 Å². The molecule has 1 N–H and O–H groups in total. The topological polar surface area (TPSA) is 81.1 Å². The first-order valence-electron chi connectivity index (χ1n) is 11.7. The molecule has 176 valence electrons. The average Bonchev–Trinajstić information content (AvgIpc) is 2.84. The van der Waals surface area contributed by atoms with Crippen LogP contribution in [-0.4, -0.2) is 26.5 Å². The van der Waals surface area contributed by atoms with E-state index in [0.29, 0.717) is 33.9 Å². The summed E-state index contributed by atoms with van der Waals surface area (Å²) in [6, 6.07) is 14.2. The standard InChI is InChI=1S/C27H29N3O3S/c1-18(31)21-11-8-12-22(17-21)28-25(32)19(2)34-27-29-24-14-7-6-13-23(24)26(33)30(27)16-15-20-9-4-3-5-10-20/h6-9,11-14,17,19H,3-5,10,15-16H2,1-2H3,(H,28,32). The smallest absolute Gasteiger partial charge is 0.262 e. The molecule has 1 atom stereocenters. The first-order valence-corrected chi connectivity index (χ1v) is 12.6. The predicted molar refractivity (Wildman–Crippen MR) is 138 cm³/mol. The van der Waals surface area contributed by atoms with E-state index in [1.807, 2.05) is 18.2 Å². The highest BCUT2D eigenvalue weighted by Crippen LogP contribution is 2.26. The molecule has 3 aromatic rings. The van der Waals surface area contributed by atoms with E-state index < -0.39 is 5.25 Å². The Morgan fingerprint density at radius 1 is 1.15 bits per heavy atom. The zero-order valence-electron chi connectivity index (χ0n) is 19.5. The minimum atomic E-state index is -0.491. The van der Waals surface area contributed by atoms with E-state index >= 15 is 0 Å². The van der Waals surface area contributed by atoms with Crippen LogP contribution >= 0.6 is 11.8 Å². The fourth-order valence-corrected chi connectivity index (χ4v) is 5.03. The number of thioether (sulfide) groups is 1. The first-order chi connectivity index (χ1) is 16.4. The third-order valence-corrected chi connectivity index (χ3v) is 7.15. The second-order valence-corrected chi connectivity index (χ2v) is 9.92. The average molecular weight is 476 g/mol. The Labute approximate surface area is 203 Å². The quantitative estimate of drug-likeness (QED) is 0.198. The molecule has 0 saturated carbocycles. The van der Waals surface area contributed by atoms with Crippen LogP contribution < -0.4 is 10.9 Å². The molecule has 0 saturated heterocycles. The summed E-state index contributed by atoms with van der Waals surface area (Å²) in [4.78, 5) is 42.6. The summed E-state index contributed by atoms with van der Waals surface area (Å²) >= 11 is 1.28. The number of Topliss-reactive ketones (excluding diaryl/α,β-unsaturated/α-hetero) is 1. The van der Waals surface area contributed by atoms with Gasteiger partial charge in [0.05, 0.1) is 16.2 Å². The van der Waals surface area contributed by atoms with Crippen molar-refractivity contribution in [1.82, 2.24) is 9.55 Å². The Morgan fingerprint density at radius 3 is 2.74 bits per heavy atom. The summed E-state index contributed by atoms with van der Waals surface area (Å²) in [5, 5.41) is 3.51. The Kier molecular flexibility index (Phi) is 7.63. The molecule has 1 aliphatic rings. The van der Waals surface area contributed by atoms with E-state index in [9.17, 15) is 14.4 Å². The van der Waals surface area contributed by atoms with Crippen LogP contribution in [0.2, 0.25) is 0 Å². The number of hydrogen-bond acceptors (Lipinski definition) is 5. The molecular weight excluding hydrogens is 446 g/mol. The molecular formula is C27H29N3O3S. The predicted octanol–water partition coefficient (Wildman–Crippen LogP) is 5.61. The Hall–Kier alpha value is -3.19.